The molecular weight excluding hydrogens is 555 g/mol. The molecule has 1 aromatic rings. The molecule has 214 valence electrons. The predicted molar refractivity (Wildman–Crippen MR) is 145 cm³/mol. The molecule has 2 amide bonds. The van der Waals surface area contributed by atoms with E-state index in [0.717, 1.165) is 0 Å². The minimum atomic E-state index is -2.70. The molecule has 2 unspecified atom stereocenters. The van der Waals surface area contributed by atoms with Gasteiger partial charge in [0, 0.05) is 11.5 Å². The van der Waals surface area contributed by atoms with Crippen molar-refractivity contribution in [3.8, 4) is 5.75 Å². The molecule has 3 aliphatic carbocycles. The maximum Gasteiger partial charge on any atom is 0.255 e. The van der Waals surface area contributed by atoms with E-state index >= 15 is 0 Å². The Balaban J connectivity index is 0.00000267. The number of nitrogens with two attached hydrogens (primary N) is 1. The van der Waals surface area contributed by atoms with Crippen LogP contribution in [0, 0.1) is 11.8 Å². The van der Waals surface area contributed by atoms with Crippen molar-refractivity contribution in [2.75, 3.05) is 32.5 Å². The Morgan fingerprint density at radius 3 is 2.36 bits per heavy atom. The second-order valence-corrected chi connectivity index (χ2v) is 9.79. The number of hydrogen-bond donors (Lipinski definition) is 7. The second-order valence-electron chi connectivity index (χ2n) is 9.79. The highest BCUT2D eigenvalue weighted by Crippen LogP contribution is 2.52. The van der Waals surface area contributed by atoms with Crippen LogP contribution in [0.5, 0.6) is 5.75 Å². The lowest BCUT2D eigenvalue weighted by Crippen LogP contribution is -2.63. The zero-order valence-electron chi connectivity index (χ0n) is 21.5. The van der Waals surface area contributed by atoms with Gasteiger partial charge in [0.2, 0.25) is 11.7 Å². The molecule has 0 aromatic heterocycles. The maximum absolute atomic E-state index is 13.6. The third-order valence-corrected chi connectivity index (χ3v) is 7.40. The number of aliphatic hydroxyl groups is 3. The molecule has 0 heterocycles. The van der Waals surface area contributed by atoms with Gasteiger partial charge in [-0.25, -0.2) is 0 Å². The Kier molecular flexibility index (Phi) is 9.47. The summed E-state index contributed by atoms with van der Waals surface area (Å²) in [4.78, 5) is 52.5. The van der Waals surface area contributed by atoms with Gasteiger partial charge < -0.3 is 36.8 Å². The van der Waals surface area contributed by atoms with E-state index in [1.807, 2.05) is 6.92 Å². The van der Waals surface area contributed by atoms with E-state index in [9.17, 15) is 39.6 Å². The summed E-state index contributed by atoms with van der Waals surface area (Å²) in [7, 11) is 3.13. The number of halogens is 2. The molecule has 39 heavy (non-hydrogen) atoms. The number of nitrogens with zero attached hydrogens (tertiary/aromatic N) is 1. The molecule has 12 nitrogen and oxygen atoms in total. The molecule has 0 fully saturated rings. The number of carbonyl (C=O) groups excluding carboxylic acids is 4. The molecule has 1 aromatic carbocycles. The third kappa shape index (κ3) is 4.87. The van der Waals surface area contributed by atoms with Gasteiger partial charge in [-0.3, -0.25) is 24.1 Å². The van der Waals surface area contributed by atoms with E-state index in [1.54, 1.807) is 20.2 Å². The topological polar surface area (TPSA) is 203 Å². The number of benzene rings is 1. The highest BCUT2D eigenvalue weighted by molar-refractivity contribution is 6.25. The predicted octanol–water partition coefficient (Wildman–Crippen LogP) is 0.512. The summed E-state index contributed by atoms with van der Waals surface area (Å²) < 4.78 is 0. The van der Waals surface area contributed by atoms with Gasteiger partial charge in [0.05, 0.1) is 23.8 Å². The molecule has 3 aliphatic rings. The van der Waals surface area contributed by atoms with Crippen molar-refractivity contribution in [3.05, 3.63) is 45.9 Å². The molecule has 0 saturated carbocycles. The van der Waals surface area contributed by atoms with Gasteiger partial charge in [0.1, 0.15) is 17.1 Å². The SMILES string of the molecule is CCNCC(=O)Nc1ccc2c(c1O)C(=O)C1=C(O)[C@]3(O)C(=O)C(C(N)=O)=C(O)[C@@H](N(C)C)C3CC1C2.Cl.Cl. The number of carbonyl (C=O) groups is 4. The average molecular weight is 587 g/mol. The molecule has 0 radical (unpaired) electrons. The van der Waals surface area contributed by atoms with Gasteiger partial charge in [0.15, 0.2) is 17.1 Å². The number of allylic oxidation sites excluding steroid dienone is 1. The standard InChI is InChI=1S/C25H30N4O8.2ClH/c1-4-27-9-14(30)28-13-6-5-10-7-11-8-12-18(29(2)3)21(33)17(24(26)36)23(35)25(12,37)22(34)16(11)20(32)15(10)19(13)31;;/h5-6,11-12,18,27,31,33-34,37H,4,7-9H2,1-3H3,(H2,26,36)(H,28,30);2*1H/t11?,12?,18-,25-;;/m0../s1. The van der Waals surface area contributed by atoms with Crippen molar-refractivity contribution in [3.63, 3.8) is 0 Å². The Labute approximate surface area is 236 Å². The largest absolute Gasteiger partial charge is 0.510 e. The van der Waals surface area contributed by atoms with Crippen LogP contribution in [0.4, 0.5) is 5.69 Å². The summed E-state index contributed by atoms with van der Waals surface area (Å²) >= 11 is 0. The Hall–Kier alpha value is -3.16. The van der Waals surface area contributed by atoms with E-state index < -0.39 is 69.7 Å². The zero-order chi connectivity index (χ0) is 27.4. The number of primary amides is 1. The summed E-state index contributed by atoms with van der Waals surface area (Å²) in [6, 6.07) is 2.01. The number of hydrogen-bond acceptors (Lipinski definition) is 10. The monoisotopic (exact) mass is 586 g/mol. The van der Waals surface area contributed by atoms with Crippen molar-refractivity contribution in [2.45, 2.75) is 31.4 Å². The van der Waals surface area contributed by atoms with Gasteiger partial charge in [-0.05, 0) is 51.0 Å². The number of phenols is 1. The molecule has 14 heteroatoms. The van der Waals surface area contributed by atoms with E-state index in [2.05, 4.69) is 10.6 Å². The fourth-order valence-corrected chi connectivity index (χ4v) is 5.76. The number of likely N-dealkylation sites (N-methyl/N-ethyl adjacent to an activating group) is 2. The summed E-state index contributed by atoms with van der Waals surface area (Å²) in [6.45, 7) is 2.36. The summed E-state index contributed by atoms with van der Waals surface area (Å²) in [5, 5.41) is 49.9. The van der Waals surface area contributed by atoms with Crippen LogP contribution < -0.4 is 16.4 Å². The number of aromatic hydroxyl groups is 1. The fraction of sp³-hybridized carbons (Fsp3) is 0.440. The minimum absolute atomic E-state index is 0. The van der Waals surface area contributed by atoms with Gasteiger partial charge in [-0.15, -0.1) is 24.8 Å². The van der Waals surface area contributed by atoms with E-state index in [0.29, 0.717) is 12.1 Å². The lowest BCUT2D eigenvalue weighted by Gasteiger charge is -2.50. The van der Waals surface area contributed by atoms with E-state index in [4.69, 9.17) is 5.73 Å². The zero-order valence-corrected chi connectivity index (χ0v) is 23.1. The molecule has 0 aliphatic heterocycles. The van der Waals surface area contributed by atoms with Crippen LogP contribution in [0.1, 0.15) is 29.3 Å². The van der Waals surface area contributed by atoms with Gasteiger partial charge >= 0.3 is 0 Å². The first-order chi connectivity index (χ1) is 17.4. The number of aliphatic hydroxyl groups excluding tert-OH is 2. The number of nitrogens with one attached hydrogen (secondary N) is 2. The third-order valence-electron chi connectivity index (χ3n) is 7.40. The number of rotatable bonds is 6. The van der Waals surface area contributed by atoms with Crippen LogP contribution in [-0.2, 0) is 20.8 Å². The number of ketones is 2. The molecule has 0 saturated heterocycles. The van der Waals surface area contributed by atoms with Crippen LogP contribution in [-0.4, -0.2) is 87.5 Å². The molecular formula is C25H32Cl2N4O8. The molecule has 4 rings (SSSR count). The number of fused-ring (bicyclic) bond motifs is 3. The van der Waals surface area contributed by atoms with Crippen LogP contribution in [0.2, 0.25) is 0 Å². The van der Waals surface area contributed by atoms with Crippen molar-refractivity contribution in [1.82, 2.24) is 10.2 Å². The minimum Gasteiger partial charge on any atom is -0.510 e. The van der Waals surface area contributed by atoms with Crippen molar-refractivity contribution < 1.29 is 39.6 Å². The van der Waals surface area contributed by atoms with Crippen LogP contribution in [0.25, 0.3) is 0 Å². The average Bonchev–Trinajstić information content (AvgIpc) is 2.81. The first-order valence-electron chi connectivity index (χ1n) is 11.9. The van der Waals surface area contributed by atoms with Gasteiger partial charge in [0.25, 0.3) is 5.91 Å². The molecule has 4 atom stereocenters. The Morgan fingerprint density at radius 2 is 1.79 bits per heavy atom. The summed E-state index contributed by atoms with van der Waals surface area (Å²) in [6.07, 6.45) is 0.182. The van der Waals surface area contributed by atoms with Crippen molar-refractivity contribution in [2.24, 2.45) is 17.6 Å². The van der Waals surface area contributed by atoms with Crippen LogP contribution in [0.15, 0.2) is 34.8 Å². The second kappa shape index (κ2) is 11.5. The normalized spacial score (nSPS) is 25.7. The number of Topliss-reactive ketones (excluding diaryl/α,β-unsaturated/α-hetero) is 2. The van der Waals surface area contributed by atoms with E-state index in [1.165, 1.54) is 11.0 Å². The van der Waals surface area contributed by atoms with Crippen LogP contribution >= 0.6 is 24.8 Å². The lowest BCUT2D eigenvalue weighted by molar-refractivity contribution is -0.148. The van der Waals surface area contributed by atoms with Crippen LogP contribution in [0.3, 0.4) is 0 Å². The molecule has 0 bridgehead atoms. The summed E-state index contributed by atoms with van der Waals surface area (Å²) in [5.41, 5.74) is 1.79. The van der Waals surface area contributed by atoms with E-state index in [-0.39, 0.29) is 61.0 Å². The van der Waals surface area contributed by atoms with Crippen molar-refractivity contribution in [1.29, 1.82) is 0 Å². The number of phenolic OH excluding ortho intramolecular Hbond substituents is 1. The van der Waals surface area contributed by atoms with Gasteiger partial charge in [-0.1, -0.05) is 13.0 Å². The number of amides is 2. The number of anilines is 1. The lowest BCUT2D eigenvalue weighted by atomic mass is 9.58. The smallest absolute Gasteiger partial charge is 0.255 e. The molecule has 8 N–H and O–H groups in total. The Bertz CT molecular complexity index is 1290. The first kappa shape index (κ1) is 32.1. The fourth-order valence-electron chi connectivity index (χ4n) is 5.76. The maximum atomic E-state index is 13.6. The Morgan fingerprint density at radius 1 is 1.15 bits per heavy atom. The quantitative estimate of drug-likeness (QED) is 0.182. The first-order valence-corrected chi connectivity index (χ1v) is 11.9. The summed E-state index contributed by atoms with van der Waals surface area (Å²) in [5.74, 6) is -7.63. The van der Waals surface area contributed by atoms with Gasteiger partial charge in [-0.2, -0.15) is 0 Å². The highest BCUT2D eigenvalue weighted by atomic mass is 35.5. The molecule has 0 spiro atoms. The highest BCUT2D eigenvalue weighted by Gasteiger charge is 2.63. The van der Waals surface area contributed by atoms with Crippen molar-refractivity contribution >= 4 is 53.9 Å².